The Kier molecular flexibility index (Phi) is 3.54. The smallest absolute Gasteiger partial charge is 0.327 e. The molecule has 1 unspecified atom stereocenters. The molecule has 0 aliphatic heterocycles. The molecule has 0 spiro atoms. The molecule has 0 aromatic heterocycles. The second kappa shape index (κ2) is 4.96. The number of aliphatic carboxylic acids is 1. The number of hydrogen-bond acceptors (Lipinski definition) is 4. The van der Waals surface area contributed by atoms with Gasteiger partial charge in [-0.2, -0.15) is 0 Å². The van der Waals surface area contributed by atoms with Crippen LogP contribution in [0.25, 0.3) is 0 Å². The first-order valence-corrected chi connectivity index (χ1v) is 5.91. The normalized spacial score (nSPS) is 18.1. The van der Waals surface area contributed by atoms with E-state index in [0.29, 0.717) is 5.75 Å². The highest BCUT2D eigenvalue weighted by molar-refractivity contribution is 5.79. The molecule has 18 heavy (non-hydrogen) atoms. The molecule has 0 heterocycles. The highest BCUT2D eigenvalue weighted by Crippen LogP contribution is 2.38. The molecule has 4 N–H and O–H groups in total. The first-order chi connectivity index (χ1) is 8.56. The molecule has 1 aromatic rings. The lowest BCUT2D eigenvalue weighted by atomic mass is 9.96. The fourth-order valence-corrected chi connectivity index (χ4v) is 1.85. The van der Waals surface area contributed by atoms with Gasteiger partial charge in [0.15, 0.2) is 5.54 Å². The van der Waals surface area contributed by atoms with E-state index in [0.717, 1.165) is 18.4 Å². The molecular weight excluding hydrogens is 234 g/mol. The Hall–Kier alpha value is -1.59. The van der Waals surface area contributed by atoms with Crippen LogP contribution in [0.3, 0.4) is 0 Å². The van der Waals surface area contributed by atoms with Gasteiger partial charge in [0, 0.05) is 0 Å². The predicted octanol–water partition coefficient (Wildman–Crippen LogP) is 0.750. The summed E-state index contributed by atoms with van der Waals surface area (Å²) >= 11 is 0. The van der Waals surface area contributed by atoms with Crippen molar-refractivity contribution in [3.63, 3.8) is 0 Å². The minimum Gasteiger partial charge on any atom is -0.491 e. The molecule has 1 fully saturated rings. The standard InChI is InChI=1S/C13H17NO4/c14-13(12(16)17,10-3-4-10)8-18-11-5-1-9(7-15)2-6-11/h1-2,5-6,10,15H,3-4,7-8,14H2,(H,16,17). The highest BCUT2D eigenvalue weighted by atomic mass is 16.5. The summed E-state index contributed by atoms with van der Waals surface area (Å²) in [7, 11) is 0. The van der Waals surface area contributed by atoms with Crippen LogP contribution in [-0.4, -0.2) is 28.3 Å². The Bertz CT molecular complexity index is 427. The fourth-order valence-electron chi connectivity index (χ4n) is 1.85. The second-order valence-electron chi connectivity index (χ2n) is 4.71. The van der Waals surface area contributed by atoms with E-state index in [1.807, 2.05) is 0 Å². The fraction of sp³-hybridized carbons (Fsp3) is 0.462. The van der Waals surface area contributed by atoms with Crippen LogP contribution in [0.5, 0.6) is 5.75 Å². The van der Waals surface area contributed by atoms with Gasteiger partial charge in [-0.3, -0.25) is 4.79 Å². The van der Waals surface area contributed by atoms with Gasteiger partial charge >= 0.3 is 5.97 Å². The van der Waals surface area contributed by atoms with Gasteiger partial charge in [0.05, 0.1) is 6.61 Å². The van der Waals surface area contributed by atoms with Gasteiger partial charge in [-0.25, -0.2) is 0 Å². The molecule has 98 valence electrons. The molecule has 1 aromatic carbocycles. The van der Waals surface area contributed by atoms with E-state index in [2.05, 4.69) is 0 Å². The second-order valence-corrected chi connectivity index (χ2v) is 4.71. The van der Waals surface area contributed by atoms with Crippen LogP contribution in [0, 0.1) is 5.92 Å². The number of aliphatic hydroxyl groups is 1. The van der Waals surface area contributed by atoms with Crippen LogP contribution in [0.2, 0.25) is 0 Å². The van der Waals surface area contributed by atoms with Gasteiger partial charge in [-0.05, 0) is 36.5 Å². The summed E-state index contributed by atoms with van der Waals surface area (Å²) in [5.41, 5.74) is 5.37. The summed E-state index contributed by atoms with van der Waals surface area (Å²) in [4.78, 5) is 11.2. The quantitative estimate of drug-likeness (QED) is 0.693. The van der Waals surface area contributed by atoms with Crippen molar-refractivity contribution in [2.24, 2.45) is 11.7 Å². The molecule has 2 rings (SSSR count). The molecule has 0 amide bonds. The maximum atomic E-state index is 11.2. The molecule has 5 nitrogen and oxygen atoms in total. The van der Waals surface area contributed by atoms with Crippen molar-refractivity contribution in [3.05, 3.63) is 29.8 Å². The predicted molar refractivity (Wildman–Crippen MR) is 65.1 cm³/mol. The van der Waals surface area contributed by atoms with E-state index in [1.165, 1.54) is 0 Å². The molecule has 1 aliphatic carbocycles. The molecule has 0 radical (unpaired) electrons. The van der Waals surface area contributed by atoms with Crippen molar-refractivity contribution in [1.29, 1.82) is 0 Å². The Balaban J connectivity index is 1.98. The first kappa shape index (κ1) is 12.9. The number of aliphatic hydroxyl groups excluding tert-OH is 1. The Labute approximate surface area is 105 Å². The maximum Gasteiger partial charge on any atom is 0.327 e. The van der Waals surface area contributed by atoms with E-state index < -0.39 is 11.5 Å². The largest absolute Gasteiger partial charge is 0.491 e. The average molecular weight is 251 g/mol. The SMILES string of the molecule is NC(COc1ccc(CO)cc1)(C(=O)O)C1CC1. The zero-order chi connectivity index (χ0) is 13.2. The van der Waals surface area contributed by atoms with Crippen LogP contribution in [0.15, 0.2) is 24.3 Å². The number of ether oxygens (including phenoxy) is 1. The first-order valence-electron chi connectivity index (χ1n) is 5.91. The molecule has 0 saturated heterocycles. The Morgan fingerprint density at radius 2 is 2.00 bits per heavy atom. The molecule has 1 atom stereocenters. The third-order valence-electron chi connectivity index (χ3n) is 3.29. The molecule has 5 heteroatoms. The molecular formula is C13H17NO4. The zero-order valence-corrected chi connectivity index (χ0v) is 10.0. The Morgan fingerprint density at radius 3 is 2.44 bits per heavy atom. The van der Waals surface area contributed by atoms with Gasteiger partial charge in [-0.1, -0.05) is 12.1 Å². The lowest BCUT2D eigenvalue weighted by Gasteiger charge is -2.24. The zero-order valence-electron chi connectivity index (χ0n) is 10.0. The minimum atomic E-state index is -1.30. The van der Waals surface area contributed by atoms with E-state index in [1.54, 1.807) is 24.3 Å². The van der Waals surface area contributed by atoms with Gasteiger partial charge in [-0.15, -0.1) is 0 Å². The van der Waals surface area contributed by atoms with E-state index in [-0.39, 0.29) is 19.1 Å². The van der Waals surface area contributed by atoms with Crippen LogP contribution in [-0.2, 0) is 11.4 Å². The number of nitrogens with two attached hydrogens (primary N) is 1. The summed E-state index contributed by atoms with van der Waals surface area (Å²) in [6.07, 6.45) is 1.69. The Morgan fingerprint density at radius 1 is 1.39 bits per heavy atom. The third-order valence-corrected chi connectivity index (χ3v) is 3.29. The van der Waals surface area contributed by atoms with Gasteiger partial charge in [0.25, 0.3) is 0 Å². The summed E-state index contributed by atoms with van der Waals surface area (Å²) in [5.74, 6) is -0.451. The lowest BCUT2D eigenvalue weighted by molar-refractivity contribution is -0.145. The van der Waals surface area contributed by atoms with Crippen molar-refractivity contribution in [2.75, 3.05) is 6.61 Å². The van der Waals surface area contributed by atoms with Crippen molar-refractivity contribution < 1.29 is 19.7 Å². The average Bonchev–Trinajstić information content (AvgIpc) is 3.21. The topological polar surface area (TPSA) is 92.8 Å². The highest BCUT2D eigenvalue weighted by Gasteiger charge is 2.49. The maximum absolute atomic E-state index is 11.2. The number of carboxylic acids is 1. The summed E-state index contributed by atoms with van der Waals surface area (Å²) in [6, 6.07) is 6.85. The number of carbonyl (C=O) groups is 1. The molecule has 1 aliphatic rings. The van der Waals surface area contributed by atoms with Gasteiger partial charge in [0.1, 0.15) is 12.4 Å². The lowest BCUT2D eigenvalue weighted by Crippen LogP contribution is -2.54. The summed E-state index contributed by atoms with van der Waals surface area (Å²) in [5, 5.41) is 18.1. The van der Waals surface area contributed by atoms with Gasteiger partial charge < -0.3 is 20.7 Å². The number of rotatable bonds is 6. The van der Waals surface area contributed by atoms with E-state index in [4.69, 9.17) is 20.7 Å². The summed E-state index contributed by atoms with van der Waals surface area (Å²) in [6.45, 7) is -0.0657. The van der Waals surface area contributed by atoms with Gasteiger partial charge in [0.2, 0.25) is 0 Å². The number of benzene rings is 1. The van der Waals surface area contributed by atoms with Crippen molar-refractivity contribution >= 4 is 5.97 Å². The van der Waals surface area contributed by atoms with Crippen molar-refractivity contribution in [2.45, 2.75) is 25.0 Å². The number of carboxylic acid groups (broad SMARTS) is 1. The van der Waals surface area contributed by atoms with Crippen LogP contribution >= 0.6 is 0 Å². The minimum absolute atomic E-state index is 0.00622. The molecule has 0 bridgehead atoms. The van der Waals surface area contributed by atoms with E-state index in [9.17, 15) is 4.79 Å². The third kappa shape index (κ3) is 2.63. The van der Waals surface area contributed by atoms with E-state index >= 15 is 0 Å². The summed E-state index contributed by atoms with van der Waals surface area (Å²) < 4.78 is 5.45. The molecule has 1 saturated carbocycles. The van der Waals surface area contributed by atoms with Crippen LogP contribution < -0.4 is 10.5 Å². The number of hydrogen-bond donors (Lipinski definition) is 3. The van der Waals surface area contributed by atoms with Crippen molar-refractivity contribution in [3.8, 4) is 5.75 Å². The monoisotopic (exact) mass is 251 g/mol. The van der Waals surface area contributed by atoms with Crippen LogP contribution in [0.1, 0.15) is 18.4 Å². The van der Waals surface area contributed by atoms with Crippen LogP contribution in [0.4, 0.5) is 0 Å². The van der Waals surface area contributed by atoms with Crippen molar-refractivity contribution in [1.82, 2.24) is 0 Å².